The Kier molecular flexibility index (Phi) is 4.83. The number of imidazole rings is 1. The van der Waals surface area contributed by atoms with Crippen LogP contribution in [0.1, 0.15) is 52.7 Å². The van der Waals surface area contributed by atoms with Crippen molar-refractivity contribution in [2.75, 3.05) is 0 Å². The molecule has 6 nitrogen and oxygen atoms in total. The minimum Gasteiger partial charge on any atom is -0.376 e. The van der Waals surface area contributed by atoms with E-state index in [-0.39, 0.29) is 0 Å². The van der Waals surface area contributed by atoms with Gasteiger partial charge in [0.05, 0.1) is 16.7 Å². The van der Waals surface area contributed by atoms with Crippen molar-refractivity contribution in [3.8, 4) is 11.1 Å². The molecule has 1 aliphatic rings. The van der Waals surface area contributed by atoms with Gasteiger partial charge in [0.15, 0.2) is 0 Å². The number of nitrogens with zero attached hydrogens (tertiary/aromatic N) is 3. The zero-order valence-corrected chi connectivity index (χ0v) is 19.6. The van der Waals surface area contributed by atoms with E-state index in [1.807, 2.05) is 44.2 Å². The number of H-pyrrole nitrogens is 1. The molecule has 0 radical (unpaired) electrons. The first-order chi connectivity index (χ1) is 16.4. The second-order valence-corrected chi connectivity index (χ2v) is 9.41. The molecule has 0 aliphatic heterocycles. The summed E-state index contributed by atoms with van der Waals surface area (Å²) in [5.74, 6) is 2.11. The predicted octanol–water partition coefficient (Wildman–Crippen LogP) is 6.04. The Morgan fingerprint density at radius 3 is 2.53 bits per heavy atom. The number of hydrogen-bond acceptors (Lipinski definition) is 5. The molecule has 1 atom stereocenters. The minimum absolute atomic E-state index is 0.435. The topological polar surface area (TPSA) is 87.8 Å². The minimum atomic E-state index is -1.51. The summed E-state index contributed by atoms with van der Waals surface area (Å²) in [4.78, 5) is 12.8. The number of nitrogens with one attached hydrogen (secondary N) is 1. The van der Waals surface area contributed by atoms with E-state index in [0.29, 0.717) is 27.6 Å². The number of aliphatic hydroxyl groups is 1. The molecule has 1 unspecified atom stereocenters. The van der Waals surface area contributed by atoms with Crippen LogP contribution in [0, 0.1) is 13.8 Å². The Balaban J connectivity index is 1.69. The number of fused-ring (bicyclic) bond motifs is 1. The van der Waals surface area contributed by atoms with Crippen molar-refractivity contribution >= 4 is 22.6 Å². The van der Waals surface area contributed by atoms with Crippen LogP contribution in [-0.4, -0.2) is 25.2 Å². The monoisotopic (exact) mass is 470 g/mol. The van der Waals surface area contributed by atoms with Gasteiger partial charge >= 0.3 is 0 Å². The fourth-order valence-corrected chi connectivity index (χ4v) is 4.87. The van der Waals surface area contributed by atoms with Crippen LogP contribution in [0.15, 0.2) is 65.4 Å². The van der Waals surface area contributed by atoms with Crippen molar-refractivity contribution in [2.45, 2.75) is 38.2 Å². The van der Waals surface area contributed by atoms with E-state index in [9.17, 15) is 5.11 Å². The van der Waals surface area contributed by atoms with E-state index in [1.54, 1.807) is 24.5 Å². The van der Waals surface area contributed by atoms with E-state index in [4.69, 9.17) is 21.1 Å². The lowest BCUT2D eigenvalue weighted by molar-refractivity contribution is 0.127. The van der Waals surface area contributed by atoms with Crippen molar-refractivity contribution < 1.29 is 9.63 Å². The maximum atomic E-state index is 12.6. The van der Waals surface area contributed by atoms with Gasteiger partial charge < -0.3 is 14.6 Å². The second kappa shape index (κ2) is 7.79. The summed E-state index contributed by atoms with van der Waals surface area (Å²) in [6.45, 7) is 3.82. The standard InChI is InChI=1S/C27H23ClN4O2/c1-15-24(16(2)34-32-15)18-12-22(25-23(13-18)30-26(31-25)17-5-6-17)27(33,20-4-3-11-29-14-20)19-7-9-21(28)10-8-19/h3-4,7-14,17,33H,5-6H2,1-2H3,(H,30,31). The summed E-state index contributed by atoms with van der Waals surface area (Å²) in [7, 11) is 0. The highest BCUT2D eigenvalue weighted by atomic mass is 35.5. The molecular formula is C27H23ClN4O2. The quantitative estimate of drug-likeness (QED) is 0.326. The van der Waals surface area contributed by atoms with Crippen molar-refractivity contribution in [3.05, 3.63) is 99.9 Å². The Morgan fingerprint density at radius 2 is 1.88 bits per heavy atom. The third-order valence-electron chi connectivity index (χ3n) is 6.62. The van der Waals surface area contributed by atoms with Crippen LogP contribution in [0.25, 0.3) is 22.2 Å². The summed E-state index contributed by atoms with van der Waals surface area (Å²) >= 11 is 6.19. The zero-order valence-electron chi connectivity index (χ0n) is 18.8. The van der Waals surface area contributed by atoms with Crippen LogP contribution in [0.3, 0.4) is 0 Å². The van der Waals surface area contributed by atoms with Crippen molar-refractivity contribution in [2.24, 2.45) is 0 Å². The van der Waals surface area contributed by atoms with Crippen molar-refractivity contribution in [3.63, 3.8) is 0 Å². The number of aromatic nitrogens is 4. The SMILES string of the molecule is Cc1noc(C)c1-c1cc(C(O)(c2ccc(Cl)cc2)c2cccnc2)c2nc(C3CC3)[nH]c2c1. The smallest absolute Gasteiger partial charge is 0.144 e. The molecule has 3 aromatic heterocycles. The van der Waals surface area contributed by atoms with Gasteiger partial charge in [-0.25, -0.2) is 4.98 Å². The van der Waals surface area contributed by atoms with E-state index in [2.05, 4.69) is 21.2 Å². The van der Waals surface area contributed by atoms with Gasteiger partial charge in [0, 0.05) is 40.0 Å². The lowest BCUT2D eigenvalue weighted by Crippen LogP contribution is -2.29. The summed E-state index contributed by atoms with van der Waals surface area (Å²) < 4.78 is 5.46. The van der Waals surface area contributed by atoms with Gasteiger partial charge in [-0.3, -0.25) is 4.98 Å². The van der Waals surface area contributed by atoms with Gasteiger partial charge in [0.2, 0.25) is 0 Å². The number of hydrogen-bond donors (Lipinski definition) is 2. The van der Waals surface area contributed by atoms with Gasteiger partial charge in [-0.1, -0.05) is 35.0 Å². The molecule has 0 spiro atoms. The van der Waals surface area contributed by atoms with Gasteiger partial charge in [0.1, 0.15) is 17.2 Å². The molecule has 170 valence electrons. The first-order valence-corrected chi connectivity index (χ1v) is 11.7. The van der Waals surface area contributed by atoms with Gasteiger partial charge in [0.25, 0.3) is 0 Å². The van der Waals surface area contributed by atoms with Crippen LogP contribution in [0.2, 0.25) is 5.02 Å². The summed E-state index contributed by atoms with van der Waals surface area (Å²) in [5.41, 5.74) is 4.69. The average Bonchev–Trinajstić information content (AvgIpc) is 3.53. The molecule has 34 heavy (non-hydrogen) atoms. The first-order valence-electron chi connectivity index (χ1n) is 11.3. The van der Waals surface area contributed by atoms with Gasteiger partial charge in [-0.05, 0) is 68.1 Å². The molecule has 1 saturated carbocycles. The Bertz CT molecular complexity index is 1480. The van der Waals surface area contributed by atoms with Crippen LogP contribution in [0.5, 0.6) is 0 Å². The largest absolute Gasteiger partial charge is 0.376 e. The number of rotatable bonds is 5. The highest BCUT2D eigenvalue weighted by Gasteiger charge is 2.38. The maximum absolute atomic E-state index is 12.6. The number of halogens is 1. The van der Waals surface area contributed by atoms with Crippen molar-refractivity contribution in [1.82, 2.24) is 20.1 Å². The Hall–Kier alpha value is -3.48. The number of benzene rings is 2. The molecule has 2 aromatic carbocycles. The van der Waals surface area contributed by atoms with E-state index in [1.165, 1.54) is 0 Å². The predicted molar refractivity (Wildman–Crippen MR) is 131 cm³/mol. The fourth-order valence-electron chi connectivity index (χ4n) is 4.75. The zero-order chi connectivity index (χ0) is 23.4. The summed E-state index contributed by atoms with van der Waals surface area (Å²) in [5, 5.41) is 17.3. The van der Waals surface area contributed by atoms with Crippen molar-refractivity contribution in [1.29, 1.82) is 0 Å². The first kappa shape index (κ1) is 21.1. The number of aryl methyl sites for hydroxylation is 2. The lowest BCUT2D eigenvalue weighted by atomic mass is 9.79. The van der Waals surface area contributed by atoms with Crippen LogP contribution in [-0.2, 0) is 5.60 Å². The summed E-state index contributed by atoms with van der Waals surface area (Å²) in [6.07, 6.45) is 5.63. The lowest BCUT2D eigenvalue weighted by Gasteiger charge is -2.30. The highest BCUT2D eigenvalue weighted by molar-refractivity contribution is 6.30. The van der Waals surface area contributed by atoms with Crippen LogP contribution < -0.4 is 0 Å². The molecule has 0 bridgehead atoms. The molecule has 0 saturated heterocycles. The third-order valence-corrected chi connectivity index (χ3v) is 6.87. The average molecular weight is 471 g/mol. The molecular weight excluding hydrogens is 448 g/mol. The van der Waals surface area contributed by atoms with Gasteiger partial charge in [-0.15, -0.1) is 0 Å². The molecule has 0 amide bonds. The molecule has 1 fully saturated rings. The molecule has 5 aromatic rings. The fraction of sp³-hybridized carbons (Fsp3) is 0.222. The molecule has 2 N–H and O–H groups in total. The molecule has 1 aliphatic carbocycles. The van der Waals surface area contributed by atoms with Gasteiger partial charge in [-0.2, -0.15) is 0 Å². The Morgan fingerprint density at radius 1 is 1.09 bits per heavy atom. The Labute approximate surface area is 201 Å². The third kappa shape index (κ3) is 3.33. The van der Waals surface area contributed by atoms with Crippen LogP contribution in [0.4, 0.5) is 0 Å². The number of aromatic amines is 1. The number of pyridine rings is 1. The summed E-state index contributed by atoms with van der Waals surface area (Å²) in [6, 6.07) is 15.0. The normalized spacial score (nSPS) is 15.5. The van der Waals surface area contributed by atoms with E-state index in [0.717, 1.165) is 52.3 Å². The highest BCUT2D eigenvalue weighted by Crippen LogP contribution is 2.45. The molecule has 3 heterocycles. The van der Waals surface area contributed by atoms with E-state index >= 15 is 0 Å². The maximum Gasteiger partial charge on any atom is 0.144 e. The van der Waals surface area contributed by atoms with E-state index < -0.39 is 5.60 Å². The molecule has 7 heteroatoms. The second-order valence-electron chi connectivity index (χ2n) is 8.97. The molecule has 6 rings (SSSR count). The van der Waals surface area contributed by atoms with Crippen LogP contribution >= 0.6 is 11.6 Å².